The molecule has 0 bridgehead atoms. The molecule has 1 unspecified atom stereocenters. The van der Waals surface area contributed by atoms with Crippen molar-refractivity contribution in [2.45, 2.75) is 25.8 Å². The maximum absolute atomic E-state index is 12.7. The van der Waals surface area contributed by atoms with Gasteiger partial charge in [0.2, 0.25) is 0 Å². The van der Waals surface area contributed by atoms with Gasteiger partial charge in [0.05, 0.1) is 28.8 Å². The first-order valence-corrected chi connectivity index (χ1v) is 8.16. The van der Waals surface area contributed by atoms with E-state index in [9.17, 15) is 4.79 Å². The molecule has 24 heavy (non-hydrogen) atoms. The molecule has 1 atom stereocenters. The predicted molar refractivity (Wildman–Crippen MR) is 93.1 cm³/mol. The Morgan fingerprint density at radius 2 is 2.00 bits per heavy atom. The number of para-hydroxylation sites is 1. The molecular formula is C18H19N5O. The summed E-state index contributed by atoms with van der Waals surface area (Å²) < 4.78 is 1.68. The van der Waals surface area contributed by atoms with E-state index in [1.807, 2.05) is 31.2 Å². The minimum atomic E-state index is -0.00206. The summed E-state index contributed by atoms with van der Waals surface area (Å²) in [6.45, 7) is 2.83. The number of hydrogen-bond donors (Lipinski definition) is 0. The summed E-state index contributed by atoms with van der Waals surface area (Å²) in [5, 5.41) is 0.656. The van der Waals surface area contributed by atoms with Crippen LogP contribution in [0, 0.1) is 6.92 Å². The number of fused-ring (bicyclic) bond motifs is 1. The van der Waals surface area contributed by atoms with E-state index in [0.29, 0.717) is 5.39 Å². The lowest BCUT2D eigenvalue weighted by atomic mass is 10.1. The van der Waals surface area contributed by atoms with Gasteiger partial charge in [0.25, 0.3) is 5.56 Å². The molecule has 0 radical (unpaired) electrons. The number of aromatic nitrogens is 4. The Labute approximate surface area is 139 Å². The first kappa shape index (κ1) is 14.8. The molecule has 6 nitrogen and oxygen atoms in total. The van der Waals surface area contributed by atoms with Crippen LogP contribution in [0.5, 0.6) is 0 Å². The maximum Gasteiger partial charge on any atom is 0.261 e. The fourth-order valence-corrected chi connectivity index (χ4v) is 3.43. The largest absolute Gasteiger partial charge is 0.345 e. The molecule has 6 heteroatoms. The molecule has 0 N–H and O–H groups in total. The van der Waals surface area contributed by atoms with E-state index in [4.69, 9.17) is 4.98 Å². The van der Waals surface area contributed by atoms with E-state index >= 15 is 0 Å². The molecule has 0 amide bonds. The van der Waals surface area contributed by atoms with Crippen molar-refractivity contribution in [3.8, 4) is 0 Å². The number of hydrogen-bond acceptors (Lipinski definition) is 5. The lowest BCUT2D eigenvalue weighted by Crippen LogP contribution is -2.31. The summed E-state index contributed by atoms with van der Waals surface area (Å²) in [5.74, 6) is 1.64. The van der Waals surface area contributed by atoms with E-state index in [-0.39, 0.29) is 11.6 Å². The van der Waals surface area contributed by atoms with Crippen LogP contribution < -0.4 is 10.5 Å². The highest BCUT2D eigenvalue weighted by Crippen LogP contribution is 2.34. The van der Waals surface area contributed by atoms with Crippen molar-refractivity contribution < 1.29 is 0 Å². The Morgan fingerprint density at radius 1 is 1.17 bits per heavy atom. The number of nitrogens with zero attached hydrogens (tertiary/aromatic N) is 5. The lowest BCUT2D eigenvalue weighted by molar-refractivity contribution is 0.606. The average molecular weight is 321 g/mol. The van der Waals surface area contributed by atoms with Crippen molar-refractivity contribution in [3.05, 3.63) is 58.5 Å². The van der Waals surface area contributed by atoms with Crippen molar-refractivity contribution in [2.75, 3.05) is 11.4 Å². The number of benzene rings is 1. The normalized spacial score (nSPS) is 17.6. The molecule has 122 valence electrons. The van der Waals surface area contributed by atoms with Crippen molar-refractivity contribution in [2.24, 2.45) is 7.05 Å². The van der Waals surface area contributed by atoms with Gasteiger partial charge >= 0.3 is 0 Å². The Bertz CT molecular complexity index is 965. The summed E-state index contributed by atoms with van der Waals surface area (Å²) in [4.78, 5) is 28.5. The molecule has 0 aliphatic carbocycles. The molecule has 1 aliphatic rings. The van der Waals surface area contributed by atoms with Crippen LogP contribution in [0.1, 0.15) is 30.4 Å². The van der Waals surface area contributed by atoms with Gasteiger partial charge in [0.15, 0.2) is 0 Å². The minimum Gasteiger partial charge on any atom is -0.345 e. The number of anilines is 1. The third-order valence-electron chi connectivity index (χ3n) is 4.61. The van der Waals surface area contributed by atoms with Gasteiger partial charge in [-0.2, -0.15) is 0 Å². The highest BCUT2D eigenvalue weighted by atomic mass is 16.1. The molecule has 3 aromatic rings. The van der Waals surface area contributed by atoms with E-state index in [1.165, 1.54) is 0 Å². The Kier molecular flexibility index (Phi) is 3.52. The van der Waals surface area contributed by atoms with E-state index in [1.54, 1.807) is 24.0 Å². The van der Waals surface area contributed by atoms with Crippen LogP contribution >= 0.6 is 0 Å². The van der Waals surface area contributed by atoms with Crippen molar-refractivity contribution in [3.63, 3.8) is 0 Å². The van der Waals surface area contributed by atoms with Gasteiger partial charge in [0, 0.05) is 19.8 Å². The summed E-state index contributed by atoms with van der Waals surface area (Å²) in [6, 6.07) is 7.55. The van der Waals surface area contributed by atoms with Crippen LogP contribution in [0.25, 0.3) is 10.9 Å². The van der Waals surface area contributed by atoms with Gasteiger partial charge in [-0.1, -0.05) is 12.1 Å². The lowest BCUT2D eigenvalue weighted by Gasteiger charge is -2.26. The van der Waals surface area contributed by atoms with Gasteiger partial charge in [-0.25, -0.2) is 9.97 Å². The summed E-state index contributed by atoms with van der Waals surface area (Å²) >= 11 is 0. The molecule has 0 spiro atoms. The van der Waals surface area contributed by atoms with Gasteiger partial charge < -0.3 is 4.90 Å². The number of rotatable bonds is 2. The first-order valence-electron chi connectivity index (χ1n) is 8.16. The fourth-order valence-electron chi connectivity index (χ4n) is 3.43. The average Bonchev–Trinajstić information content (AvgIpc) is 3.07. The van der Waals surface area contributed by atoms with Crippen LogP contribution in [0.4, 0.5) is 5.82 Å². The molecular weight excluding hydrogens is 302 g/mol. The van der Waals surface area contributed by atoms with E-state index in [0.717, 1.165) is 42.2 Å². The summed E-state index contributed by atoms with van der Waals surface area (Å²) in [6.07, 6.45) is 5.53. The van der Waals surface area contributed by atoms with Crippen LogP contribution in [-0.2, 0) is 7.05 Å². The van der Waals surface area contributed by atoms with Gasteiger partial charge in [-0.3, -0.25) is 14.3 Å². The summed E-state index contributed by atoms with van der Waals surface area (Å²) in [7, 11) is 1.80. The topological polar surface area (TPSA) is 63.9 Å². The van der Waals surface area contributed by atoms with Gasteiger partial charge in [-0.05, 0) is 31.9 Å². The smallest absolute Gasteiger partial charge is 0.261 e. The molecule has 4 rings (SSSR count). The van der Waals surface area contributed by atoms with Crippen LogP contribution in [0.3, 0.4) is 0 Å². The third kappa shape index (κ3) is 2.35. The second-order valence-corrected chi connectivity index (χ2v) is 6.22. The van der Waals surface area contributed by atoms with Crippen LogP contribution in [0.2, 0.25) is 0 Å². The number of aryl methyl sites for hydroxylation is 1. The quantitative estimate of drug-likeness (QED) is 0.725. The maximum atomic E-state index is 12.7. The van der Waals surface area contributed by atoms with Crippen molar-refractivity contribution >= 4 is 16.7 Å². The van der Waals surface area contributed by atoms with Crippen molar-refractivity contribution in [1.29, 1.82) is 0 Å². The second kappa shape index (κ2) is 5.70. The highest BCUT2D eigenvalue weighted by molar-refractivity contribution is 5.77. The van der Waals surface area contributed by atoms with E-state index in [2.05, 4.69) is 14.9 Å². The second-order valence-electron chi connectivity index (χ2n) is 6.22. The third-order valence-corrected chi connectivity index (χ3v) is 4.61. The van der Waals surface area contributed by atoms with E-state index < -0.39 is 0 Å². The monoisotopic (exact) mass is 321 g/mol. The zero-order valence-corrected chi connectivity index (χ0v) is 13.8. The zero-order valence-electron chi connectivity index (χ0n) is 13.8. The van der Waals surface area contributed by atoms with Gasteiger partial charge in [0.1, 0.15) is 11.6 Å². The Morgan fingerprint density at radius 3 is 2.83 bits per heavy atom. The standard InChI is InChI=1S/C18H19N5O/c1-12-10-19-11-16(20-12)23-9-5-8-15(23)17-21-14-7-4-3-6-13(14)18(24)22(17)2/h3-4,6-7,10-11,15H,5,8-9H2,1-2H3. The SMILES string of the molecule is Cc1cncc(N2CCCC2c2nc3ccccc3c(=O)n2C)n1. The molecule has 2 aromatic heterocycles. The molecule has 1 saturated heterocycles. The molecule has 3 heterocycles. The highest BCUT2D eigenvalue weighted by Gasteiger charge is 2.30. The summed E-state index contributed by atoms with van der Waals surface area (Å²) in [5.41, 5.74) is 1.63. The Balaban J connectivity index is 1.84. The first-order chi connectivity index (χ1) is 11.6. The minimum absolute atomic E-state index is 0.00206. The fraction of sp³-hybridized carbons (Fsp3) is 0.333. The zero-order chi connectivity index (χ0) is 16.7. The van der Waals surface area contributed by atoms with Crippen LogP contribution in [-0.4, -0.2) is 26.1 Å². The van der Waals surface area contributed by atoms with Gasteiger partial charge in [-0.15, -0.1) is 0 Å². The Hall–Kier alpha value is -2.76. The molecule has 1 aliphatic heterocycles. The molecule has 1 aromatic carbocycles. The molecule has 1 fully saturated rings. The van der Waals surface area contributed by atoms with Crippen LogP contribution in [0.15, 0.2) is 41.5 Å². The predicted octanol–water partition coefficient (Wildman–Crippen LogP) is 2.37. The molecule has 0 saturated carbocycles. The van der Waals surface area contributed by atoms with Crippen molar-refractivity contribution in [1.82, 2.24) is 19.5 Å².